The molecule has 0 aliphatic rings. The number of nitrogens with one attached hydrogen (secondary N) is 3. The van der Waals surface area contributed by atoms with Crippen LogP contribution in [-0.4, -0.2) is 116 Å². The third kappa shape index (κ3) is 29.6. The van der Waals surface area contributed by atoms with Crippen LogP contribution in [0.2, 0.25) is 0 Å². The van der Waals surface area contributed by atoms with E-state index in [2.05, 4.69) is 50.8 Å². The molecule has 0 saturated heterocycles. The van der Waals surface area contributed by atoms with Crippen LogP contribution in [0.1, 0.15) is 102 Å². The number of hydrogen-bond acceptors (Lipinski definition) is 10. The van der Waals surface area contributed by atoms with Crippen LogP contribution in [0.25, 0.3) is 0 Å². The van der Waals surface area contributed by atoms with Gasteiger partial charge in [-0.25, -0.2) is 24.4 Å². The van der Waals surface area contributed by atoms with Gasteiger partial charge in [0.05, 0.1) is 13.1 Å². The van der Waals surface area contributed by atoms with Crippen molar-refractivity contribution in [2.75, 3.05) is 13.1 Å². The molecule has 2 heterocycles. The molecular weight excluding hydrogens is 995 g/mol. The second kappa shape index (κ2) is 38.3. The van der Waals surface area contributed by atoms with Gasteiger partial charge in [-0.3, -0.25) is 24.1 Å². The molecule has 0 spiro atoms. The van der Waals surface area contributed by atoms with E-state index in [1.807, 2.05) is 0 Å². The summed E-state index contributed by atoms with van der Waals surface area (Å²) in [4.78, 5) is 91.1. The van der Waals surface area contributed by atoms with E-state index in [1.54, 1.807) is 33.9 Å². The molecule has 3 amide bonds. The monoisotopic (exact) mass is 1050 g/mol. The molecule has 1 radical (unpaired) electrons. The number of rotatable bonds is 31. The van der Waals surface area contributed by atoms with Gasteiger partial charge in [0.1, 0.15) is 36.8 Å². The topological polar surface area (TPSA) is 355 Å². The van der Waals surface area contributed by atoms with E-state index in [0.29, 0.717) is 57.1 Å². The summed E-state index contributed by atoms with van der Waals surface area (Å²) in [5.74, 6) is -4.83. The molecule has 8 N–H and O–H groups in total. The van der Waals surface area contributed by atoms with E-state index < -0.39 is 54.4 Å². The van der Waals surface area contributed by atoms with Crippen molar-refractivity contribution in [3.8, 4) is 0 Å². The minimum absolute atomic E-state index is 0. The van der Waals surface area contributed by atoms with Gasteiger partial charge in [-0.2, -0.15) is 0 Å². The summed E-state index contributed by atoms with van der Waals surface area (Å²) in [6.07, 6.45) is 14.3. The van der Waals surface area contributed by atoms with Crippen molar-refractivity contribution in [2.45, 2.75) is 128 Å². The number of carbonyl (C=O) groups excluding carboxylic acids is 2. The first-order valence-electron chi connectivity index (χ1n) is 19.0. The van der Waals surface area contributed by atoms with Crippen molar-refractivity contribution in [3.05, 3.63) is 56.4 Å². The number of carboxylic acid groups (broad SMARTS) is 5. The molecule has 0 aromatic carbocycles. The third-order valence-electron chi connectivity index (χ3n) is 8.67. The summed E-state index contributed by atoms with van der Waals surface area (Å²) in [6.45, 7) is 14.9. The fourth-order valence-corrected chi connectivity index (χ4v) is 5.79. The van der Waals surface area contributed by atoms with E-state index in [0.717, 1.165) is 51.4 Å². The summed E-state index contributed by atoms with van der Waals surface area (Å²) in [5.41, 5.74) is 0. The third-order valence-corrected chi connectivity index (χ3v) is 8.67. The van der Waals surface area contributed by atoms with E-state index in [1.165, 1.54) is 0 Å². The number of aromatic nitrogens is 4. The smallest absolute Gasteiger partial charge is 0 e. The maximum absolute atomic E-state index is 12.2. The van der Waals surface area contributed by atoms with Crippen LogP contribution >= 0.6 is 0 Å². The van der Waals surface area contributed by atoms with Crippen molar-refractivity contribution < 1.29 is 93.5 Å². The van der Waals surface area contributed by atoms with Crippen molar-refractivity contribution in [3.63, 3.8) is 0 Å². The van der Waals surface area contributed by atoms with Crippen LogP contribution in [0.3, 0.4) is 0 Å². The number of urea groups is 1. The Morgan fingerprint density at radius 3 is 1.47 bits per heavy atom. The first-order valence-corrected chi connectivity index (χ1v) is 19.0. The van der Waals surface area contributed by atoms with Crippen LogP contribution in [0.15, 0.2) is 24.8 Å². The summed E-state index contributed by atoms with van der Waals surface area (Å²) in [5, 5.41) is 52.8. The van der Waals surface area contributed by atoms with Gasteiger partial charge >= 0.3 is 69.8 Å². The average molecular weight is 1050 g/mol. The summed E-state index contributed by atoms with van der Waals surface area (Å²) in [6, 6.07) is -3.81. The number of carboxylic acids is 5. The van der Waals surface area contributed by atoms with Crippen molar-refractivity contribution in [1.82, 2.24) is 40.0 Å². The van der Waals surface area contributed by atoms with E-state index >= 15 is 0 Å². The van der Waals surface area contributed by atoms with Gasteiger partial charge in [0.15, 0.2) is 0 Å². The number of imidazole rings is 2. The van der Waals surface area contributed by atoms with Crippen molar-refractivity contribution in [1.29, 1.82) is 0 Å². The number of amides is 3. The first-order chi connectivity index (χ1) is 29.2. The molecule has 2 aromatic heterocycles. The quantitative estimate of drug-likeness (QED) is 0.0304. The zero-order chi connectivity index (χ0) is 46.6. The molecule has 0 saturated carbocycles. The number of nitrogens with zero attached hydrogens (tertiary/aromatic N) is 5. The van der Waals surface area contributed by atoms with E-state index in [4.69, 9.17) is 24.2 Å². The molecule has 23 nitrogen and oxygen atoms in total. The largest absolute Gasteiger partial charge is 0 e. The fourth-order valence-electron chi connectivity index (χ4n) is 5.79. The normalized spacial score (nSPS) is 10.9. The molecule has 0 aliphatic carbocycles. The summed E-state index contributed by atoms with van der Waals surface area (Å²) >= 11 is 0. The Balaban J connectivity index is -0.00000475. The molecule has 0 fully saturated rings. The van der Waals surface area contributed by atoms with Gasteiger partial charge < -0.3 is 50.6 Å². The van der Waals surface area contributed by atoms with Crippen molar-refractivity contribution >= 4 is 41.8 Å². The fraction of sp³-hybridized carbons (Fsp3) is 0.579. The Labute approximate surface area is 371 Å². The summed E-state index contributed by atoms with van der Waals surface area (Å²) < 4.78 is 25.7. The Morgan fingerprint density at radius 1 is 0.597 bits per heavy atom. The minimum atomic E-state index is -1.48. The van der Waals surface area contributed by atoms with Gasteiger partial charge in [-0.15, -0.1) is 0 Å². The van der Waals surface area contributed by atoms with Crippen LogP contribution in [0.4, 0.5) is 4.79 Å². The predicted molar refractivity (Wildman–Crippen MR) is 205 cm³/mol. The van der Waals surface area contributed by atoms with Gasteiger partial charge in [0.25, 0.3) is 0 Å². The molecular formula is C38H54N8O15Re. The van der Waals surface area contributed by atoms with Crippen LogP contribution in [0.5, 0.6) is 0 Å². The van der Waals surface area contributed by atoms with Crippen molar-refractivity contribution in [2.24, 2.45) is 0 Å². The SMILES string of the molecule is O=C(O)CC[C@H](NC(=O)N[C@@H](CCCCNC(=O)CCCCCCCCCCN(Cc1nccn1CC(=O)O)Cc1nccn1CC(=O)O)C(=O)O)C(=O)O.[C-]#[O+].[C-]#[O+].[C-]#[O+].[Re]. The van der Waals surface area contributed by atoms with Gasteiger partial charge in [-0.1, -0.05) is 38.5 Å². The van der Waals surface area contributed by atoms with E-state index in [-0.39, 0.29) is 52.3 Å². The number of carbonyl (C=O) groups is 7. The Bertz CT molecular complexity index is 1620. The Hall–Kier alpha value is -5.65. The van der Waals surface area contributed by atoms with E-state index in [9.17, 15) is 48.9 Å². The zero-order valence-corrected chi connectivity index (χ0v) is 36.8. The molecule has 62 heavy (non-hydrogen) atoms. The zero-order valence-electron chi connectivity index (χ0n) is 34.0. The molecule has 0 bridgehead atoms. The average Bonchev–Trinajstić information content (AvgIpc) is 3.85. The maximum Gasteiger partial charge on any atom is 0 e. The number of unbranched alkanes of at least 4 members (excludes halogenated alkanes) is 8. The molecule has 24 heteroatoms. The molecule has 2 aromatic rings. The molecule has 0 unspecified atom stereocenters. The first kappa shape index (κ1) is 60.7. The van der Waals surface area contributed by atoms with Gasteiger partial charge in [0.2, 0.25) is 5.91 Å². The van der Waals surface area contributed by atoms with Gasteiger partial charge in [0, 0.05) is 64.6 Å². The molecule has 0 aliphatic heterocycles. The Morgan fingerprint density at radius 2 is 1.03 bits per heavy atom. The molecule has 343 valence electrons. The maximum atomic E-state index is 12.2. The van der Waals surface area contributed by atoms with Gasteiger partial charge in [-0.05, 0) is 45.1 Å². The minimum Gasteiger partial charge on any atom is 0 e. The number of hydrogen-bond donors (Lipinski definition) is 8. The number of aliphatic carboxylic acids is 5. The summed E-state index contributed by atoms with van der Waals surface area (Å²) in [7, 11) is 0. The molecule has 2 rings (SSSR count). The van der Waals surface area contributed by atoms with Crippen LogP contribution in [0, 0.1) is 20.0 Å². The van der Waals surface area contributed by atoms with Crippen LogP contribution < -0.4 is 16.0 Å². The second-order valence-corrected chi connectivity index (χ2v) is 13.2. The van der Waals surface area contributed by atoms with Crippen LogP contribution in [-0.2, 0) is 89.3 Å². The second-order valence-electron chi connectivity index (χ2n) is 13.2. The predicted octanol–water partition coefficient (Wildman–Crippen LogP) is 2.00. The standard InChI is InChI=1S/C35H54N8O12.3CO.Re/c44-29(38-15-9-8-11-25(33(51)52)39-35(55)40-26(34(53)54)13-14-30(45)46)12-7-5-3-1-2-4-6-10-18-41(21-27-36-16-19-42(27)23-31(47)48)22-28-37-17-20-43(28)24-32(49)50;3*1-2;/h16-17,19-20,25-26H,1-15,18,21-24H2,(H,38,44)(H,45,46)(H,47,48)(H,49,50)(H,51,52)(H,53,54)(H2,39,40,55);;;;/t25-,26-;;;;/m0..../s1. The molecule has 2 atom stereocenters. The Kier molecular flexibility index (Phi) is 37.5.